The van der Waals surface area contributed by atoms with Gasteiger partial charge < -0.3 is 15.4 Å². The molecule has 0 spiro atoms. The largest absolute Gasteiger partial charge is 0.376 e. The third-order valence-corrected chi connectivity index (χ3v) is 4.35. The highest BCUT2D eigenvalue weighted by Crippen LogP contribution is 2.27. The second-order valence-electron chi connectivity index (χ2n) is 6.11. The number of rotatable bonds is 4. The first-order chi connectivity index (χ1) is 9.28. The molecule has 0 amide bonds. The Morgan fingerprint density at radius 3 is 2.68 bits per heavy atom. The summed E-state index contributed by atoms with van der Waals surface area (Å²) in [6.07, 6.45) is 8.24. The van der Waals surface area contributed by atoms with Crippen molar-refractivity contribution in [3.8, 4) is 0 Å². The van der Waals surface area contributed by atoms with Crippen LogP contribution in [0.25, 0.3) is 0 Å². The van der Waals surface area contributed by atoms with Crippen LogP contribution in [0.4, 0.5) is 0 Å². The van der Waals surface area contributed by atoms with E-state index in [1.54, 1.807) is 0 Å². The highest BCUT2D eigenvalue weighted by Gasteiger charge is 2.19. The molecule has 3 unspecified atom stereocenters. The zero-order chi connectivity index (χ0) is 13.5. The SMILES string of the molecule is CN=C(NCC1CCCC(C)C1)NCC1CCCO1. The van der Waals surface area contributed by atoms with Gasteiger partial charge in [-0.2, -0.15) is 0 Å². The minimum atomic E-state index is 0.369. The van der Waals surface area contributed by atoms with E-state index in [1.807, 2.05) is 7.05 Å². The van der Waals surface area contributed by atoms with Gasteiger partial charge in [-0.05, 0) is 37.5 Å². The van der Waals surface area contributed by atoms with E-state index >= 15 is 0 Å². The predicted octanol–water partition coefficient (Wildman–Crippen LogP) is 2.16. The van der Waals surface area contributed by atoms with Gasteiger partial charge in [0.15, 0.2) is 5.96 Å². The lowest BCUT2D eigenvalue weighted by Crippen LogP contribution is -2.43. The monoisotopic (exact) mass is 267 g/mol. The molecule has 0 aromatic rings. The summed E-state index contributed by atoms with van der Waals surface area (Å²) in [5, 5.41) is 6.84. The maximum absolute atomic E-state index is 5.61. The van der Waals surface area contributed by atoms with Crippen LogP contribution >= 0.6 is 0 Å². The van der Waals surface area contributed by atoms with Crippen LogP contribution in [0.5, 0.6) is 0 Å². The molecule has 4 nitrogen and oxygen atoms in total. The molecule has 1 heterocycles. The van der Waals surface area contributed by atoms with Crippen molar-refractivity contribution in [1.82, 2.24) is 10.6 Å². The molecule has 3 atom stereocenters. The number of guanidine groups is 1. The molecular weight excluding hydrogens is 238 g/mol. The van der Waals surface area contributed by atoms with Crippen molar-refractivity contribution in [2.24, 2.45) is 16.8 Å². The lowest BCUT2D eigenvalue weighted by molar-refractivity contribution is 0.113. The first-order valence-electron chi connectivity index (χ1n) is 7.84. The Balaban J connectivity index is 1.64. The van der Waals surface area contributed by atoms with Gasteiger partial charge in [0.25, 0.3) is 0 Å². The molecule has 4 heteroatoms. The van der Waals surface area contributed by atoms with Gasteiger partial charge in [-0.25, -0.2) is 0 Å². The second kappa shape index (κ2) is 7.73. The van der Waals surface area contributed by atoms with E-state index < -0.39 is 0 Å². The Hall–Kier alpha value is -0.770. The summed E-state index contributed by atoms with van der Waals surface area (Å²) in [6.45, 7) is 5.21. The van der Waals surface area contributed by atoms with Crippen LogP contribution in [0.1, 0.15) is 45.4 Å². The van der Waals surface area contributed by atoms with E-state index in [1.165, 1.54) is 38.5 Å². The van der Waals surface area contributed by atoms with Crippen LogP contribution in [0.3, 0.4) is 0 Å². The molecule has 0 aromatic heterocycles. The van der Waals surface area contributed by atoms with Crippen LogP contribution < -0.4 is 10.6 Å². The third kappa shape index (κ3) is 5.01. The second-order valence-corrected chi connectivity index (χ2v) is 6.11. The van der Waals surface area contributed by atoms with Gasteiger partial charge in [0, 0.05) is 26.7 Å². The summed E-state index contributed by atoms with van der Waals surface area (Å²) in [5.74, 6) is 2.63. The molecule has 1 aliphatic carbocycles. The van der Waals surface area contributed by atoms with Crippen molar-refractivity contribution in [2.45, 2.75) is 51.6 Å². The number of ether oxygens (including phenoxy) is 1. The summed E-state index contributed by atoms with van der Waals surface area (Å²) in [4.78, 5) is 4.29. The quantitative estimate of drug-likeness (QED) is 0.606. The molecule has 110 valence electrons. The first kappa shape index (κ1) is 14.6. The highest BCUT2D eigenvalue weighted by atomic mass is 16.5. The Kier molecular flexibility index (Phi) is 5.95. The fourth-order valence-electron chi connectivity index (χ4n) is 3.22. The van der Waals surface area contributed by atoms with E-state index in [0.717, 1.165) is 37.5 Å². The zero-order valence-electron chi connectivity index (χ0n) is 12.5. The van der Waals surface area contributed by atoms with Gasteiger partial charge in [0.05, 0.1) is 6.10 Å². The fraction of sp³-hybridized carbons (Fsp3) is 0.933. The van der Waals surface area contributed by atoms with Crippen molar-refractivity contribution in [2.75, 3.05) is 26.7 Å². The lowest BCUT2D eigenvalue weighted by Gasteiger charge is -2.27. The Labute approximate surface area is 117 Å². The molecule has 19 heavy (non-hydrogen) atoms. The number of nitrogens with one attached hydrogen (secondary N) is 2. The normalized spacial score (nSPS) is 32.3. The van der Waals surface area contributed by atoms with Crippen molar-refractivity contribution in [3.05, 3.63) is 0 Å². The van der Waals surface area contributed by atoms with Gasteiger partial charge in [0.2, 0.25) is 0 Å². The molecule has 1 aliphatic heterocycles. The number of nitrogens with zero attached hydrogens (tertiary/aromatic N) is 1. The van der Waals surface area contributed by atoms with E-state index in [-0.39, 0.29) is 0 Å². The number of hydrogen-bond acceptors (Lipinski definition) is 2. The van der Waals surface area contributed by atoms with Crippen molar-refractivity contribution in [1.29, 1.82) is 0 Å². The Morgan fingerprint density at radius 2 is 2.00 bits per heavy atom. The number of hydrogen-bond donors (Lipinski definition) is 2. The standard InChI is InChI=1S/C15H29N3O/c1-12-5-3-6-13(9-12)10-17-15(16-2)18-11-14-7-4-8-19-14/h12-14H,3-11H2,1-2H3,(H2,16,17,18). The van der Waals surface area contributed by atoms with Crippen LogP contribution in [0.15, 0.2) is 4.99 Å². The fourth-order valence-corrected chi connectivity index (χ4v) is 3.22. The topological polar surface area (TPSA) is 45.7 Å². The first-order valence-corrected chi connectivity index (χ1v) is 7.84. The molecule has 0 aromatic carbocycles. The van der Waals surface area contributed by atoms with Crippen molar-refractivity contribution >= 4 is 5.96 Å². The summed E-state index contributed by atoms with van der Waals surface area (Å²) in [6, 6.07) is 0. The zero-order valence-corrected chi connectivity index (χ0v) is 12.5. The smallest absolute Gasteiger partial charge is 0.191 e. The molecular formula is C15H29N3O. The lowest BCUT2D eigenvalue weighted by atomic mass is 9.82. The minimum absolute atomic E-state index is 0.369. The van der Waals surface area contributed by atoms with Crippen LogP contribution in [0.2, 0.25) is 0 Å². The van der Waals surface area contributed by atoms with Gasteiger partial charge in [-0.1, -0.05) is 19.8 Å². The Bertz CT molecular complexity index is 287. The summed E-state index contributed by atoms with van der Waals surface area (Å²) in [7, 11) is 1.84. The predicted molar refractivity (Wildman–Crippen MR) is 79.5 cm³/mol. The average molecular weight is 267 g/mol. The van der Waals surface area contributed by atoms with Crippen molar-refractivity contribution < 1.29 is 4.74 Å². The van der Waals surface area contributed by atoms with Crippen LogP contribution in [-0.2, 0) is 4.74 Å². The number of aliphatic imine (C=N–C) groups is 1. The molecule has 0 bridgehead atoms. The van der Waals surface area contributed by atoms with Crippen LogP contribution in [0, 0.1) is 11.8 Å². The van der Waals surface area contributed by atoms with E-state index in [9.17, 15) is 0 Å². The van der Waals surface area contributed by atoms with E-state index in [2.05, 4.69) is 22.5 Å². The molecule has 2 rings (SSSR count). The molecule has 0 radical (unpaired) electrons. The molecule has 1 saturated carbocycles. The molecule has 1 saturated heterocycles. The molecule has 2 aliphatic rings. The van der Waals surface area contributed by atoms with Crippen molar-refractivity contribution in [3.63, 3.8) is 0 Å². The maximum atomic E-state index is 5.61. The summed E-state index contributed by atoms with van der Waals surface area (Å²) in [5.41, 5.74) is 0. The van der Waals surface area contributed by atoms with Gasteiger partial charge in [0.1, 0.15) is 0 Å². The minimum Gasteiger partial charge on any atom is -0.376 e. The summed E-state index contributed by atoms with van der Waals surface area (Å²) >= 11 is 0. The highest BCUT2D eigenvalue weighted by molar-refractivity contribution is 5.79. The van der Waals surface area contributed by atoms with E-state index in [4.69, 9.17) is 4.74 Å². The Morgan fingerprint density at radius 1 is 1.16 bits per heavy atom. The van der Waals surface area contributed by atoms with Gasteiger partial charge >= 0.3 is 0 Å². The average Bonchev–Trinajstić information content (AvgIpc) is 2.92. The summed E-state index contributed by atoms with van der Waals surface area (Å²) < 4.78 is 5.61. The van der Waals surface area contributed by atoms with E-state index in [0.29, 0.717) is 6.10 Å². The molecule has 2 fully saturated rings. The van der Waals surface area contributed by atoms with Crippen LogP contribution in [-0.4, -0.2) is 38.8 Å². The molecule has 2 N–H and O–H groups in total. The maximum Gasteiger partial charge on any atom is 0.191 e. The third-order valence-electron chi connectivity index (χ3n) is 4.35. The van der Waals surface area contributed by atoms with Gasteiger partial charge in [-0.15, -0.1) is 0 Å². The van der Waals surface area contributed by atoms with Gasteiger partial charge in [-0.3, -0.25) is 4.99 Å².